The minimum absolute atomic E-state index is 1.02. The van der Waals surface area contributed by atoms with Crippen LogP contribution in [0.4, 0.5) is 0 Å². The van der Waals surface area contributed by atoms with Crippen molar-refractivity contribution in [3.05, 3.63) is 0 Å². The van der Waals surface area contributed by atoms with E-state index >= 15 is 0 Å². The van der Waals surface area contributed by atoms with Gasteiger partial charge in [0, 0.05) is 0 Å². The van der Waals surface area contributed by atoms with E-state index in [1.165, 1.54) is 44.9 Å². The monoisotopic (exact) mass is 184 g/mol. The van der Waals surface area contributed by atoms with E-state index in [0.29, 0.717) is 0 Å². The highest BCUT2D eigenvalue weighted by atomic mass is 14.3. The van der Waals surface area contributed by atoms with Crippen LogP contribution in [0.3, 0.4) is 0 Å². The Labute approximate surface area is 85.1 Å². The topological polar surface area (TPSA) is 0 Å². The molecule has 1 aliphatic rings. The van der Waals surface area contributed by atoms with Gasteiger partial charge in [-0.3, -0.25) is 0 Å². The van der Waals surface area contributed by atoms with Gasteiger partial charge in [0.25, 0.3) is 0 Å². The fourth-order valence-corrected chi connectivity index (χ4v) is 2.29. The predicted molar refractivity (Wildman–Crippen MR) is 62.0 cm³/mol. The summed E-state index contributed by atoms with van der Waals surface area (Å²) in [5, 5.41) is 0. The van der Waals surface area contributed by atoms with Gasteiger partial charge in [-0.1, -0.05) is 72.6 Å². The summed E-state index contributed by atoms with van der Waals surface area (Å²) in [6, 6.07) is 0. The molecule has 0 heterocycles. The molecule has 13 heavy (non-hydrogen) atoms. The Kier molecular flexibility index (Phi) is 8.59. The molecule has 0 N–H and O–H groups in total. The van der Waals surface area contributed by atoms with Crippen molar-refractivity contribution in [1.29, 1.82) is 0 Å². The van der Waals surface area contributed by atoms with Gasteiger partial charge in [-0.25, -0.2) is 0 Å². The summed E-state index contributed by atoms with van der Waals surface area (Å²) < 4.78 is 0. The molecule has 1 aliphatic carbocycles. The third kappa shape index (κ3) is 5.33. The van der Waals surface area contributed by atoms with Gasteiger partial charge < -0.3 is 0 Å². The zero-order valence-corrected chi connectivity index (χ0v) is 10.1. The Balaban J connectivity index is 0.000000671. The molecule has 0 saturated heterocycles. The van der Waals surface area contributed by atoms with Gasteiger partial charge in [0.15, 0.2) is 0 Å². The largest absolute Gasteiger partial charge is 0.0683 e. The second-order valence-corrected chi connectivity index (χ2v) is 4.16. The Morgan fingerprint density at radius 2 is 1.69 bits per heavy atom. The summed E-state index contributed by atoms with van der Waals surface area (Å²) in [7, 11) is 0. The van der Waals surface area contributed by atoms with E-state index in [0.717, 1.165) is 11.8 Å². The predicted octanol–water partition coefficient (Wildman–Crippen LogP) is 5.03. The number of hydrogen-bond donors (Lipinski definition) is 0. The third-order valence-corrected chi connectivity index (χ3v) is 3.22. The standard InChI is InChI=1S/C11H22.C2H6/c1-3-4-8-11-9-6-5-7-10(11)2;1-2/h10-11H,3-9H2,1-2H3;1-2H3/t10-,11-;/m1./s1. The minimum Gasteiger partial charge on any atom is -0.0683 e. The van der Waals surface area contributed by atoms with Gasteiger partial charge in [0.1, 0.15) is 0 Å². The van der Waals surface area contributed by atoms with E-state index < -0.39 is 0 Å². The van der Waals surface area contributed by atoms with Gasteiger partial charge in [0.05, 0.1) is 0 Å². The van der Waals surface area contributed by atoms with E-state index in [1.54, 1.807) is 0 Å². The van der Waals surface area contributed by atoms with E-state index in [4.69, 9.17) is 0 Å². The van der Waals surface area contributed by atoms with Crippen molar-refractivity contribution < 1.29 is 0 Å². The lowest BCUT2D eigenvalue weighted by atomic mass is 9.78. The average molecular weight is 184 g/mol. The first kappa shape index (κ1) is 13.0. The first-order valence-electron chi connectivity index (χ1n) is 6.34. The molecule has 0 aromatic heterocycles. The van der Waals surface area contributed by atoms with Crippen LogP contribution in [-0.4, -0.2) is 0 Å². The Bertz CT molecular complexity index is 96.2. The fraction of sp³-hybridized carbons (Fsp3) is 1.00. The minimum atomic E-state index is 1.02. The molecular weight excluding hydrogens is 156 g/mol. The molecule has 0 aromatic rings. The van der Waals surface area contributed by atoms with Crippen LogP contribution in [0.2, 0.25) is 0 Å². The van der Waals surface area contributed by atoms with Crippen LogP contribution >= 0.6 is 0 Å². The second kappa shape index (κ2) is 8.59. The molecule has 0 heteroatoms. The highest BCUT2D eigenvalue weighted by Gasteiger charge is 2.19. The molecule has 1 fully saturated rings. The fourth-order valence-electron chi connectivity index (χ4n) is 2.29. The molecule has 0 aliphatic heterocycles. The number of hydrogen-bond acceptors (Lipinski definition) is 0. The Morgan fingerprint density at radius 1 is 1.08 bits per heavy atom. The zero-order valence-electron chi connectivity index (χ0n) is 10.1. The SMILES string of the molecule is CC.CCCC[C@@H]1CCCC[C@H]1C. The molecule has 0 nitrogen and oxygen atoms in total. The van der Waals surface area contributed by atoms with Crippen molar-refractivity contribution in [3.8, 4) is 0 Å². The summed E-state index contributed by atoms with van der Waals surface area (Å²) >= 11 is 0. The molecular formula is C13H28. The zero-order chi connectivity index (χ0) is 10.1. The van der Waals surface area contributed by atoms with Crippen LogP contribution in [0.25, 0.3) is 0 Å². The maximum absolute atomic E-state index is 2.44. The van der Waals surface area contributed by atoms with Gasteiger partial charge >= 0.3 is 0 Å². The van der Waals surface area contributed by atoms with Crippen LogP contribution in [0, 0.1) is 11.8 Å². The third-order valence-electron chi connectivity index (χ3n) is 3.22. The van der Waals surface area contributed by atoms with Crippen molar-refractivity contribution in [2.45, 2.75) is 72.6 Å². The van der Waals surface area contributed by atoms with Crippen LogP contribution in [0.15, 0.2) is 0 Å². The van der Waals surface area contributed by atoms with Crippen LogP contribution in [0.5, 0.6) is 0 Å². The lowest BCUT2D eigenvalue weighted by Gasteiger charge is -2.28. The highest BCUT2D eigenvalue weighted by molar-refractivity contribution is 4.71. The average Bonchev–Trinajstić information content (AvgIpc) is 2.20. The molecule has 2 atom stereocenters. The molecule has 0 radical (unpaired) electrons. The first-order valence-corrected chi connectivity index (χ1v) is 6.34. The van der Waals surface area contributed by atoms with Crippen molar-refractivity contribution in [2.24, 2.45) is 11.8 Å². The molecule has 0 amide bonds. The lowest BCUT2D eigenvalue weighted by Crippen LogP contribution is -2.16. The number of rotatable bonds is 3. The molecule has 80 valence electrons. The molecule has 1 rings (SSSR count). The lowest BCUT2D eigenvalue weighted by molar-refractivity contribution is 0.237. The summed E-state index contributed by atoms with van der Waals surface area (Å²) in [5.74, 6) is 2.10. The van der Waals surface area contributed by atoms with Gasteiger partial charge in [-0.05, 0) is 11.8 Å². The molecule has 1 saturated carbocycles. The van der Waals surface area contributed by atoms with Gasteiger partial charge in [-0.2, -0.15) is 0 Å². The Hall–Kier alpha value is 0. The van der Waals surface area contributed by atoms with Crippen LogP contribution < -0.4 is 0 Å². The second-order valence-electron chi connectivity index (χ2n) is 4.16. The first-order chi connectivity index (χ1) is 6.34. The molecule has 0 bridgehead atoms. The summed E-state index contributed by atoms with van der Waals surface area (Å²) in [6.07, 6.45) is 10.3. The molecule has 0 spiro atoms. The van der Waals surface area contributed by atoms with Crippen molar-refractivity contribution in [1.82, 2.24) is 0 Å². The normalized spacial score (nSPS) is 27.7. The highest BCUT2D eigenvalue weighted by Crippen LogP contribution is 2.32. The van der Waals surface area contributed by atoms with E-state index in [2.05, 4.69) is 13.8 Å². The summed E-state index contributed by atoms with van der Waals surface area (Å²) in [4.78, 5) is 0. The summed E-state index contributed by atoms with van der Waals surface area (Å²) in [6.45, 7) is 8.74. The van der Waals surface area contributed by atoms with Gasteiger partial charge in [0.2, 0.25) is 0 Å². The Morgan fingerprint density at radius 3 is 2.23 bits per heavy atom. The molecule has 0 aromatic carbocycles. The van der Waals surface area contributed by atoms with Gasteiger partial charge in [-0.15, -0.1) is 0 Å². The maximum atomic E-state index is 2.44. The summed E-state index contributed by atoms with van der Waals surface area (Å²) in [5.41, 5.74) is 0. The van der Waals surface area contributed by atoms with Crippen molar-refractivity contribution in [3.63, 3.8) is 0 Å². The smallest absolute Gasteiger partial charge is 0.0388 e. The van der Waals surface area contributed by atoms with Crippen LogP contribution in [0.1, 0.15) is 72.6 Å². The quantitative estimate of drug-likeness (QED) is 0.577. The number of unbranched alkanes of at least 4 members (excludes halogenated alkanes) is 1. The van der Waals surface area contributed by atoms with Crippen LogP contribution in [-0.2, 0) is 0 Å². The van der Waals surface area contributed by atoms with E-state index in [1.807, 2.05) is 13.8 Å². The molecule has 0 unspecified atom stereocenters. The van der Waals surface area contributed by atoms with Crippen molar-refractivity contribution >= 4 is 0 Å². The maximum Gasteiger partial charge on any atom is -0.0388 e. The van der Waals surface area contributed by atoms with Crippen molar-refractivity contribution in [2.75, 3.05) is 0 Å². The van der Waals surface area contributed by atoms with E-state index in [-0.39, 0.29) is 0 Å². The van der Waals surface area contributed by atoms with E-state index in [9.17, 15) is 0 Å².